The predicted octanol–water partition coefficient (Wildman–Crippen LogP) is 1.82. The Morgan fingerprint density at radius 3 is 2.37 bits per heavy atom. The standard InChI is InChI=1S/C14H20N2O3/c1-10-8-12(14(18)19)11(2)16(10)9-13(17)15-6-4-3-5-7-15/h8H,3-7,9H2,1-2H3,(H,18,19). The number of hydrogen-bond donors (Lipinski definition) is 1. The van der Waals surface area contributed by atoms with Crippen molar-refractivity contribution in [3.05, 3.63) is 23.0 Å². The molecule has 1 saturated heterocycles. The summed E-state index contributed by atoms with van der Waals surface area (Å²) in [4.78, 5) is 25.2. The normalized spacial score (nSPS) is 15.6. The van der Waals surface area contributed by atoms with Crippen molar-refractivity contribution in [2.24, 2.45) is 0 Å². The molecule has 0 radical (unpaired) electrons. The van der Waals surface area contributed by atoms with Crippen LogP contribution in [0.25, 0.3) is 0 Å². The van der Waals surface area contributed by atoms with Gasteiger partial charge in [-0.1, -0.05) is 0 Å². The molecular weight excluding hydrogens is 244 g/mol. The van der Waals surface area contributed by atoms with Gasteiger partial charge in [0.1, 0.15) is 6.54 Å². The lowest BCUT2D eigenvalue weighted by Crippen LogP contribution is -2.38. The third-order valence-electron chi connectivity index (χ3n) is 3.81. The molecule has 1 aromatic heterocycles. The van der Waals surface area contributed by atoms with E-state index in [0.29, 0.717) is 5.69 Å². The van der Waals surface area contributed by atoms with Crippen LogP contribution in [0.4, 0.5) is 0 Å². The maximum Gasteiger partial charge on any atom is 0.337 e. The van der Waals surface area contributed by atoms with Crippen molar-refractivity contribution in [1.82, 2.24) is 9.47 Å². The molecule has 1 amide bonds. The fourth-order valence-corrected chi connectivity index (χ4v) is 2.64. The van der Waals surface area contributed by atoms with Crippen molar-refractivity contribution in [2.45, 2.75) is 39.7 Å². The first-order valence-electron chi connectivity index (χ1n) is 6.68. The first-order valence-corrected chi connectivity index (χ1v) is 6.68. The highest BCUT2D eigenvalue weighted by atomic mass is 16.4. The van der Waals surface area contributed by atoms with Crippen molar-refractivity contribution >= 4 is 11.9 Å². The zero-order valence-electron chi connectivity index (χ0n) is 11.5. The molecule has 1 N–H and O–H groups in total. The van der Waals surface area contributed by atoms with Crippen molar-refractivity contribution in [1.29, 1.82) is 0 Å². The molecule has 1 aliphatic heterocycles. The van der Waals surface area contributed by atoms with E-state index in [1.165, 1.54) is 6.42 Å². The Morgan fingerprint density at radius 1 is 1.21 bits per heavy atom. The molecule has 2 heterocycles. The second-order valence-electron chi connectivity index (χ2n) is 5.12. The molecule has 0 atom stereocenters. The molecule has 0 unspecified atom stereocenters. The van der Waals surface area contributed by atoms with Crippen LogP contribution in [-0.2, 0) is 11.3 Å². The SMILES string of the molecule is Cc1cc(C(=O)O)c(C)n1CC(=O)N1CCCCC1. The zero-order valence-corrected chi connectivity index (χ0v) is 11.5. The van der Waals surface area contributed by atoms with Gasteiger partial charge in [0.2, 0.25) is 5.91 Å². The van der Waals surface area contributed by atoms with E-state index in [4.69, 9.17) is 5.11 Å². The van der Waals surface area contributed by atoms with Gasteiger partial charge in [0, 0.05) is 24.5 Å². The summed E-state index contributed by atoms with van der Waals surface area (Å²) in [5.74, 6) is -0.858. The highest BCUT2D eigenvalue weighted by Gasteiger charge is 2.20. The average Bonchev–Trinajstić information content (AvgIpc) is 2.68. The number of carboxylic acids is 1. The van der Waals surface area contributed by atoms with Gasteiger partial charge in [-0.2, -0.15) is 0 Å². The Hall–Kier alpha value is -1.78. The average molecular weight is 264 g/mol. The quantitative estimate of drug-likeness (QED) is 0.905. The molecule has 0 aliphatic carbocycles. The summed E-state index contributed by atoms with van der Waals surface area (Å²) in [6, 6.07) is 1.63. The summed E-state index contributed by atoms with van der Waals surface area (Å²) in [6.45, 7) is 5.47. The van der Waals surface area contributed by atoms with Crippen LogP contribution in [0.1, 0.15) is 41.0 Å². The Balaban J connectivity index is 2.14. The molecule has 5 nitrogen and oxygen atoms in total. The van der Waals surface area contributed by atoms with Gasteiger partial charge in [-0.25, -0.2) is 4.79 Å². The second kappa shape index (κ2) is 5.47. The molecule has 19 heavy (non-hydrogen) atoms. The van der Waals surface area contributed by atoms with Gasteiger partial charge in [-0.3, -0.25) is 4.79 Å². The van der Waals surface area contributed by atoms with E-state index in [-0.39, 0.29) is 18.0 Å². The van der Waals surface area contributed by atoms with Gasteiger partial charge in [0.25, 0.3) is 0 Å². The molecule has 1 aromatic rings. The van der Waals surface area contributed by atoms with Crippen molar-refractivity contribution < 1.29 is 14.7 Å². The highest BCUT2D eigenvalue weighted by Crippen LogP contribution is 2.16. The smallest absolute Gasteiger partial charge is 0.337 e. The topological polar surface area (TPSA) is 62.5 Å². The van der Waals surface area contributed by atoms with Gasteiger partial charge >= 0.3 is 5.97 Å². The number of aryl methyl sites for hydroxylation is 1. The Kier molecular flexibility index (Phi) is 3.93. The number of aromatic carboxylic acids is 1. The number of carbonyl (C=O) groups is 2. The number of amides is 1. The van der Waals surface area contributed by atoms with Crippen LogP contribution < -0.4 is 0 Å². The summed E-state index contributed by atoms with van der Waals surface area (Å²) >= 11 is 0. The predicted molar refractivity (Wildman–Crippen MR) is 71.3 cm³/mol. The number of likely N-dealkylation sites (tertiary alicyclic amines) is 1. The highest BCUT2D eigenvalue weighted by molar-refractivity contribution is 5.89. The largest absolute Gasteiger partial charge is 0.478 e. The van der Waals surface area contributed by atoms with E-state index in [1.54, 1.807) is 17.6 Å². The number of carbonyl (C=O) groups excluding carboxylic acids is 1. The molecule has 1 fully saturated rings. The van der Waals surface area contributed by atoms with E-state index in [1.807, 2.05) is 11.8 Å². The van der Waals surface area contributed by atoms with Crippen LogP contribution >= 0.6 is 0 Å². The van der Waals surface area contributed by atoms with Gasteiger partial charge in [-0.15, -0.1) is 0 Å². The summed E-state index contributed by atoms with van der Waals surface area (Å²) in [5, 5.41) is 9.08. The lowest BCUT2D eigenvalue weighted by molar-refractivity contribution is -0.132. The maximum absolute atomic E-state index is 12.2. The molecule has 1 aliphatic rings. The van der Waals surface area contributed by atoms with Gasteiger partial charge in [0.05, 0.1) is 5.56 Å². The van der Waals surface area contributed by atoms with Crippen LogP contribution in [0.3, 0.4) is 0 Å². The monoisotopic (exact) mass is 264 g/mol. The summed E-state index contributed by atoms with van der Waals surface area (Å²) in [5.41, 5.74) is 1.75. The number of aromatic nitrogens is 1. The molecule has 0 saturated carbocycles. The number of hydrogen-bond acceptors (Lipinski definition) is 2. The van der Waals surface area contributed by atoms with E-state index >= 15 is 0 Å². The fraction of sp³-hybridized carbons (Fsp3) is 0.571. The van der Waals surface area contributed by atoms with Gasteiger partial charge in [-0.05, 0) is 39.2 Å². The molecule has 2 rings (SSSR count). The minimum atomic E-state index is -0.940. The first kappa shape index (κ1) is 13.6. The summed E-state index contributed by atoms with van der Waals surface area (Å²) in [7, 11) is 0. The molecule has 5 heteroatoms. The van der Waals surface area contributed by atoms with Gasteiger partial charge in [0.15, 0.2) is 0 Å². The van der Waals surface area contributed by atoms with E-state index in [2.05, 4.69) is 0 Å². The maximum atomic E-state index is 12.2. The van der Waals surface area contributed by atoms with E-state index in [0.717, 1.165) is 31.6 Å². The second-order valence-corrected chi connectivity index (χ2v) is 5.12. The molecule has 0 bridgehead atoms. The van der Waals surface area contributed by atoms with Crippen LogP contribution in [0, 0.1) is 13.8 Å². The van der Waals surface area contributed by atoms with E-state index < -0.39 is 5.97 Å². The van der Waals surface area contributed by atoms with Crippen molar-refractivity contribution in [3.8, 4) is 0 Å². The van der Waals surface area contributed by atoms with E-state index in [9.17, 15) is 9.59 Å². The number of carboxylic acid groups (broad SMARTS) is 1. The molecule has 104 valence electrons. The van der Waals surface area contributed by atoms with Crippen LogP contribution in [-0.4, -0.2) is 39.5 Å². The summed E-state index contributed by atoms with van der Waals surface area (Å²) < 4.78 is 1.79. The first-order chi connectivity index (χ1) is 9.00. The van der Waals surface area contributed by atoms with Gasteiger partial charge < -0.3 is 14.6 Å². The zero-order chi connectivity index (χ0) is 14.0. The number of nitrogens with zero attached hydrogens (tertiary/aromatic N) is 2. The third-order valence-corrected chi connectivity index (χ3v) is 3.81. The third kappa shape index (κ3) is 2.80. The summed E-state index contributed by atoms with van der Waals surface area (Å²) in [6.07, 6.45) is 3.32. The minimum absolute atomic E-state index is 0.0819. The number of piperidine rings is 1. The Morgan fingerprint density at radius 2 is 1.84 bits per heavy atom. The van der Waals surface area contributed by atoms with Crippen molar-refractivity contribution in [3.63, 3.8) is 0 Å². The Bertz CT molecular complexity index is 499. The van der Waals surface area contributed by atoms with Crippen molar-refractivity contribution in [2.75, 3.05) is 13.1 Å². The van der Waals surface area contributed by atoms with Crippen LogP contribution in [0.2, 0.25) is 0 Å². The number of rotatable bonds is 3. The molecule has 0 spiro atoms. The van der Waals surface area contributed by atoms with Crippen LogP contribution in [0.15, 0.2) is 6.07 Å². The fourth-order valence-electron chi connectivity index (χ4n) is 2.64. The lowest BCUT2D eigenvalue weighted by atomic mass is 10.1. The molecule has 0 aromatic carbocycles. The minimum Gasteiger partial charge on any atom is -0.478 e. The molecular formula is C14H20N2O3. The van der Waals surface area contributed by atoms with Crippen LogP contribution in [0.5, 0.6) is 0 Å². The lowest BCUT2D eigenvalue weighted by Gasteiger charge is -2.27. The Labute approximate surface area is 112 Å².